The molecule has 0 spiro atoms. The summed E-state index contributed by atoms with van der Waals surface area (Å²) in [5.41, 5.74) is 0.0372. The van der Waals surface area contributed by atoms with Gasteiger partial charge in [-0.3, -0.25) is 4.79 Å². The van der Waals surface area contributed by atoms with E-state index in [-0.39, 0.29) is 29.0 Å². The molecule has 1 aliphatic rings. The van der Waals surface area contributed by atoms with Gasteiger partial charge in [0.05, 0.1) is 11.1 Å². The Morgan fingerprint density at radius 1 is 1.15 bits per heavy atom. The first-order chi connectivity index (χ1) is 12.3. The summed E-state index contributed by atoms with van der Waals surface area (Å²) in [5, 5.41) is 0. The number of aryl methyl sites for hydroxylation is 1. The third-order valence-electron chi connectivity index (χ3n) is 3.79. The average Bonchev–Trinajstić information content (AvgIpc) is 2.59. The van der Waals surface area contributed by atoms with Crippen LogP contribution in [-0.2, 0) is 11.0 Å². The molecule has 3 rings (SSSR count). The van der Waals surface area contributed by atoms with Crippen molar-refractivity contribution in [2.24, 2.45) is 0 Å². The zero-order chi connectivity index (χ0) is 18.9. The van der Waals surface area contributed by atoms with Gasteiger partial charge in [-0.25, -0.2) is 4.39 Å². The van der Waals surface area contributed by atoms with Crippen LogP contribution in [0.5, 0.6) is 5.75 Å². The molecule has 0 N–H and O–H groups in total. The fourth-order valence-electron chi connectivity index (χ4n) is 2.52. The molecule has 0 saturated heterocycles. The van der Waals surface area contributed by atoms with Crippen LogP contribution in [0, 0.1) is 24.6 Å². The molecule has 6 heteroatoms. The number of alkyl halides is 3. The van der Waals surface area contributed by atoms with Crippen LogP contribution in [-0.4, -0.2) is 12.9 Å². The standard InChI is InChI=1S/C20H12F4O2/c1-12-2-4-15(17(6-12)20(22,23)24)5-3-13-8-18(21)16-7-14(10-25)11-26-19(16)9-13/h2,4,6-10H,11H2,1H3. The summed E-state index contributed by atoms with van der Waals surface area (Å²) >= 11 is 0. The number of hydrogen-bond acceptors (Lipinski definition) is 2. The van der Waals surface area contributed by atoms with E-state index in [1.807, 2.05) is 0 Å². The molecule has 0 radical (unpaired) electrons. The fraction of sp³-hybridized carbons (Fsp3) is 0.150. The number of halogens is 4. The predicted molar refractivity (Wildman–Crippen MR) is 88.1 cm³/mol. The smallest absolute Gasteiger partial charge is 0.417 e. The highest BCUT2D eigenvalue weighted by Crippen LogP contribution is 2.33. The van der Waals surface area contributed by atoms with Crippen molar-refractivity contribution in [2.75, 3.05) is 6.61 Å². The maximum absolute atomic E-state index is 14.2. The minimum Gasteiger partial charge on any atom is -0.488 e. The van der Waals surface area contributed by atoms with Crippen LogP contribution < -0.4 is 4.74 Å². The highest BCUT2D eigenvalue weighted by atomic mass is 19.4. The zero-order valence-corrected chi connectivity index (χ0v) is 13.6. The number of hydrogen-bond donors (Lipinski definition) is 0. The van der Waals surface area contributed by atoms with E-state index in [2.05, 4.69) is 11.8 Å². The summed E-state index contributed by atoms with van der Waals surface area (Å²) in [5.74, 6) is 4.54. The topological polar surface area (TPSA) is 26.3 Å². The molecule has 0 aromatic heterocycles. The van der Waals surface area contributed by atoms with E-state index in [9.17, 15) is 22.4 Å². The van der Waals surface area contributed by atoms with Crippen molar-refractivity contribution in [3.63, 3.8) is 0 Å². The molecule has 2 aromatic carbocycles. The summed E-state index contributed by atoms with van der Waals surface area (Å²) in [7, 11) is 0. The lowest BCUT2D eigenvalue weighted by Gasteiger charge is -2.16. The Labute approximate surface area is 147 Å². The maximum atomic E-state index is 14.2. The lowest BCUT2D eigenvalue weighted by Crippen LogP contribution is -2.09. The van der Waals surface area contributed by atoms with Gasteiger partial charge in [0.15, 0.2) is 0 Å². The molecule has 0 unspecified atom stereocenters. The van der Waals surface area contributed by atoms with Gasteiger partial charge in [-0.2, -0.15) is 13.2 Å². The third kappa shape index (κ3) is 3.62. The lowest BCUT2D eigenvalue weighted by atomic mass is 10.0. The number of fused-ring (bicyclic) bond motifs is 1. The quantitative estimate of drug-likeness (QED) is 0.424. The largest absolute Gasteiger partial charge is 0.488 e. The van der Waals surface area contributed by atoms with Crippen molar-refractivity contribution < 1.29 is 27.1 Å². The summed E-state index contributed by atoms with van der Waals surface area (Å²) < 4.78 is 58.9. The van der Waals surface area contributed by atoms with Gasteiger partial charge in [0, 0.05) is 16.7 Å². The monoisotopic (exact) mass is 360 g/mol. The van der Waals surface area contributed by atoms with Crippen LogP contribution in [0.2, 0.25) is 0 Å². The molecule has 26 heavy (non-hydrogen) atoms. The highest BCUT2D eigenvalue weighted by Gasteiger charge is 2.33. The molecule has 0 atom stereocenters. The normalized spacial score (nSPS) is 13.0. The second kappa shape index (κ2) is 6.68. The van der Waals surface area contributed by atoms with E-state index in [0.717, 1.165) is 12.1 Å². The maximum Gasteiger partial charge on any atom is 0.417 e. The van der Waals surface area contributed by atoms with Gasteiger partial charge < -0.3 is 4.74 Å². The van der Waals surface area contributed by atoms with E-state index < -0.39 is 17.6 Å². The summed E-state index contributed by atoms with van der Waals surface area (Å²) in [6, 6.07) is 6.37. The van der Waals surface area contributed by atoms with Crippen molar-refractivity contribution in [3.8, 4) is 17.6 Å². The highest BCUT2D eigenvalue weighted by molar-refractivity contribution is 5.84. The summed E-state index contributed by atoms with van der Waals surface area (Å²) in [6.45, 7) is 1.56. The van der Waals surface area contributed by atoms with Gasteiger partial charge in [0.1, 0.15) is 24.5 Å². The van der Waals surface area contributed by atoms with Crippen LogP contribution in [0.1, 0.15) is 27.8 Å². The molecule has 0 bridgehead atoms. The average molecular weight is 360 g/mol. The molecule has 1 aliphatic heterocycles. The van der Waals surface area contributed by atoms with Crippen LogP contribution in [0.25, 0.3) is 6.08 Å². The number of benzene rings is 2. The van der Waals surface area contributed by atoms with Gasteiger partial charge >= 0.3 is 6.18 Å². The van der Waals surface area contributed by atoms with Crippen LogP contribution in [0.3, 0.4) is 0 Å². The first-order valence-corrected chi connectivity index (χ1v) is 7.60. The summed E-state index contributed by atoms with van der Waals surface area (Å²) in [4.78, 5) is 10.8. The van der Waals surface area contributed by atoms with E-state index >= 15 is 0 Å². The van der Waals surface area contributed by atoms with E-state index in [4.69, 9.17) is 4.74 Å². The Balaban J connectivity index is 2.02. The molecule has 0 aliphatic carbocycles. The lowest BCUT2D eigenvalue weighted by molar-refractivity contribution is -0.137. The van der Waals surface area contributed by atoms with Crippen molar-refractivity contribution in [3.05, 3.63) is 69.5 Å². The first-order valence-electron chi connectivity index (χ1n) is 7.60. The second-order valence-corrected chi connectivity index (χ2v) is 5.79. The van der Waals surface area contributed by atoms with Crippen LogP contribution >= 0.6 is 0 Å². The minimum absolute atomic E-state index is 0.00298. The number of carbonyl (C=O) groups excluding carboxylic acids is 1. The fourth-order valence-corrected chi connectivity index (χ4v) is 2.52. The number of carbonyl (C=O) groups is 1. The van der Waals surface area contributed by atoms with E-state index in [1.54, 1.807) is 6.92 Å². The predicted octanol–water partition coefficient (Wildman–Crippen LogP) is 4.53. The number of rotatable bonds is 1. The molecular weight excluding hydrogens is 348 g/mol. The van der Waals surface area contributed by atoms with Crippen LogP contribution in [0.4, 0.5) is 17.6 Å². The van der Waals surface area contributed by atoms with Gasteiger partial charge in [0.25, 0.3) is 0 Å². The summed E-state index contributed by atoms with van der Waals surface area (Å²) in [6.07, 6.45) is -2.58. The van der Waals surface area contributed by atoms with Crippen molar-refractivity contribution in [1.29, 1.82) is 0 Å². The van der Waals surface area contributed by atoms with E-state index in [0.29, 0.717) is 17.4 Å². The van der Waals surface area contributed by atoms with Crippen molar-refractivity contribution >= 4 is 12.4 Å². The van der Waals surface area contributed by atoms with Gasteiger partial charge in [-0.15, -0.1) is 0 Å². The second-order valence-electron chi connectivity index (χ2n) is 5.79. The molecule has 2 aromatic rings. The van der Waals surface area contributed by atoms with Crippen molar-refractivity contribution in [2.45, 2.75) is 13.1 Å². The first kappa shape index (κ1) is 17.7. The van der Waals surface area contributed by atoms with Crippen LogP contribution in [0.15, 0.2) is 35.9 Å². The molecule has 1 heterocycles. The molecule has 0 saturated carbocycles. The SMILES string of the molecule is Cc1ccc(C#Cc2cc(F)c3c(c2)OCC(C=O)=C3)c(C(F)(F)F)c1. The minimum atomic E-state index is -4.53. The molecule has 132 valence electrons. The third-order valence-corrected chi connectivity index (χ3v) is 3.79. The number of ether oxygens (including phenoxy) is 1. The van der Waals surface area contributed by atoms with Gasteiger partial charge in [-0.05, 0) is 37.3 Å². The molecular formula is C20H12F4O2. The Morgan fingerprint density at radius 3 is 2.62 bits per heavy atom. The Bertz CT molecular complexity index is 976. The van der Waals surface area contributed by atoms with E-state index in [1.165, 1.54) is 24.3 Å². The zero-order valence-electron chi connectivity index (χ0n) is 13.6. The molecule has 2 nitrogen and oxygen atoms in total. The Hall–Kier alpha value is -3.07. The van der Waals surface area contributed by atoms with Gasteiger partial charge in [-0.1, -0.05) is 23.5 Å². The Morgan fingerprint density at radius 2 is 1.92 bits per heavy atom. The van der Waals surface area contributed by atoms with Crippen molar-refractivity contribution in [1.82, 2.24) is 0 Å². The molecule has 0 fully saturated rings. The number of aldehydes is 1. The molecule has 0 amide bonds. The van der Waals surface area contributed by atoms with Gasteiger partial charge in [0.2, 0.25) is 0 Å². The Kier molecular flexibility index (Phi) is 4.56.